The summed E-state index contributed by atoms with van der Waals surface area (Å²) >= 11 is 3.32. The van der Waals surface area contributed by atoms with Gasteiger partial charge in [-0.1, -0.05) is 52.3 Å². The van der Waals surface area contributed by atoms with Gasteiger partial charge in [0.05, 0.1) is 5.52 Å². The molecule has 0 amide bonds. The molecule has 0 N–H and O–H groups in total. The van der Waals surface area contributed by atoms with Crippen molar-refractivity contribution < 1.29 is 14.3 Å². The third kappa shape index (κ3) is 4.24. The van der Waals surface area contributed by atoms with Crippen LogP contribution in [0.25, 0.3) is 17.0 Å². The monoisotopic (exact) mass is 409 g/mol. The van der Waals surface area contributed by atoms with Gasteiger partial charge in [-0.15, -0.1) is 0 Å². The molecule has 0 aliphatic rings. The van der Waals surface area contributed by atoms with E-state index in [-0.39, 0.29) is 5.78 Å². The number of hydrogen-bond donors (Lipinski definition) is 0. The minimum absolute atomic E-state index is 0.244. The van der Waals surface area contributed by atoms with E-state index in [2.05, 4.69) is 20.9 Å². The fraction of sp³-hybridized carbons (Fsp3) is 0.0952. The van der Waals surface area contributed by atoms with E-state index in [1.165, 1.54) is 6.08 Å². The lowest BCUT2D eigenvalue weighted by Gasteiger charge is -2.11. The van der Waals surface area contributed by atoms with E-state index in [0.29, 0.717) is 5.56 Å². The van der Waals surface area contributed by atoms with Gasteiger partial charge in [-0.05, 0) is 31.2 Å². The van der Waals surface area contributed by atoms with Crippen molar-refractivity contribution in [1.29, 1.82) is 0 Å². The van der Waals surface area contributed by atoms with Gasteiger partial charge in [0.2, 0.25) is 5.78 Å². The van der Waals surface area contributed by atoms with Gasteiger partial charge in [0, 0.05) is 33.3 Å². The summed E-state index contributed by atoms with van der Waals surface area (Å²) in [5.74, 6) is -0.818. The fourth-order valence-corrected chi connectivity index (χ4v) is 2.80. The molecule has 0 unspecified atom stereocenters. The first-order valence-electron chi connectivity index (χ1n) is 8.07. The molecule has 0 saturated carbocycles. The number of Topliss-reactive ketones (excluding diaryl/α,β-unsaturated/α-hetero) is 1. The first kappa shape index (κ1) is 18.0. The van der Waals surface area contributed by atoms with Crippen molar-refractivity contribution in [2.45, 2.75) is 13.0 Å². The van der Waals surface area contributed by atoms with Crippen LogP contribution in [-0.4, -0.2) is 22.8 Å². The summed E-state index contributed by atoms with van der Waals surface area (Å²) in [7, 11) is 0. The molecular weight excluding hydrogens is 394 g/mol. The van der Waals surface area contributed by atoms with E-state index >= 15 is 0 Å². The molecule has 0 aliphatic heterocycles. The highest BCUT2D eigenvalue weighted by Crippen LogP contribution is 2.17. The number of halogens is 1. The summed E-state index contributed by atoms with van der Waals surface area (Å²) in [6.45, 7) is 1.57. The van der Waals surface area contributed by atoms with Crippen molar-refractivity contribution in [2.24, 2.45) is 0 Å². The molecule has 0 aliphatic carbocycles. The second-order valence-electron chi connectivity index (χ2n) is 5.71. The third-order valence-corrected chi connectivity index (χ3v) is 4.38. The zero-order valence-corrected chi connectivity index (χ0v) is 15.6. The van der Waals surface area contributed by atoms with Gasteiger partial charge in [-0.2, -0.15) is 0 Å². The van der Waals surface area contributed by atoms with Crippen LogP contribution in [0.3, 0.4) is 0 Å². The molecule has 3 rings (SSSR count). The Kier molecular flexibility index (Phi) is 5.58. The lowest BCUT2D eigenvalue weighted by atomic mass is 10.1. The number of para-hydroxylation sites is 1. The molecule has 0 saturated heterocycles. The lowest BCUT2D eigenvalue weighted by Crippen LogP contribution is -2.23. The van der Waals surface area contributed by atoms with E-state index in [1.54, 1.807) is 43.5 Å². The second-order valence-corrected chi connectivity index (χ2v) is 6.62. The maximum atomic E-state index is 12.3. The predicted octanol–water partition coefficient (Wildman–Crippen LogP) is 4.83. The number of rotatable bonds is 5. The molecule has 0 fully saturated rings. The van der Waals surface area contributed by atoms with Gasteiger partial charge in [0.25, 0.3) is 0 Å². The van der Waals surface area contributed by atoms with Crippen LogP contribution in [0, 0.1) is 0 Å². The number of nitrogens with zero attached hydrogens (tertiary/aromatic N) is 1. The normalized spacial score (nSPS) is 12.2. The number of carbonyl (C=O) groups is 2. The average molecular weight is 410 g/mol. The van der Waals surface area contributed by atoms with E-state index < -0.39 is 12.1 Å². The number of esters is 1. The van der Waals surface area contributed by atoms with Crippen molar-refractivity contribution >= 4 is 44.7 Å². The highest BCUT2D eigenvalue weighted by Gasteiger charge is 2.18. The van der Waals surface area contributed by atoms with Crippen LogP contribution >= 0.6 is 15.9 Å². The lowest BCUT2D eigenvalue weighted by molar-refractivity contribution is -0.140. The van der Waals surface area contributed by atoms with Crippen molar-refractivity contribution in [2.75, 3.05) is 0 Å². The summed E-state index contributed by atoms with van der Waals surface area (Å²) < 4.78 is 6.10. The Morgan fingerprint density at radius 2 is 1.81 bits per heavy atom. The maximum absolute atomic E-state index is 12.3. The Morgan fingerprint density at radius 1 is 1.08 bits per heavy atom. The number of benzene rings is 2. The van der Waals surface area contributed by atoms with Gasteiger partial charge in [-0.25, -0.2) is 4.79 Å². The molecule has 130 valence electrons. The van der Waals surface area contributed by atoms with Gasteiger partial charge >= 0.3 is 5.97 Å². The second kappa shape index (κ2) is 8.06. The maximum Gasteiger partial charge on any atom is 0.331 e. The van der Waals surface area contributed by atoms with E-state index in [4.69, 9.17) is 4.74 Å². The molecule has 0 bridgehead atoms. The first-order valence-corrected chi connectivity index (χ1v) is 8.86. The Balaban J connectivity index is 1.68. The highest BCUT2D eigenvalue weighted by molar-refractivity contribution is 9.10. The average Bonchev–Trinajstić information content (AvgIpc) is 2.66. The largest absolute Gasteiger partial charge is 0.451 e. The minimum Gasteiger partial charge on any atom is -0.451 e. The molecule has 3 aromatic rings. The molecule has 1 aromatic heterocycles. The fourth-order valence-electron chi connectivity index (χ4n) is 2.54. The number of carbonyl (C=O) groups excluding carboxylic acids is 2. The van der Waals surface area contributed by atoms with Crippen molar-refractivity contribution in [3.63, 3.8) is 0 Å². The van der Waals surface area contributed by atoms with Gasteiger partial charge in [-0.3, -0.25) is 9.78 Å². The molecule has 5 heteroatoms. The zero-order chi connectivity index (χ0) is 18.5. The van der Waals surface area contributed by atoms with Gasteiger partial charge in [0.15, 0.2) is 6.10 Å². The zero-order valence-electron chi connectivity index (χ0n) is 14.1. The van der Waals surface area contributed by atoms with Crippen LogP contribution in [0.15, 0.2) is 71.3 Å². The Hall–Kier alpha value is -2.79. The van der Waals surface area contributed by atoms with Crippen LogP contribution in [0.1, 0.15) is 22.8 Å². The minimum atomic E-state index is -0.862. The van der Waals surface area contributed by atoms with Crippen molar-refractivity contribution in [3.8, 4) is 0 Å². The number of aromatic nitrogens is 1. The SMILES string of the molecule is C[C@@H](OC(=O)/C=C/c1cccc2cccnc12)C(=O)c1ccc(Br)cc1. The Labute approximate surface area is 159 Å². The molecule has 0 spiro atoms. The van der Waals surface area contributed by atoms with E-state index in [0.717, 1.165) is 20.9 Å². The number of hydrogen-bond acceptors (Lipinski definition) is 4. The van der Waals surface area contributed by atoms with Crippen LogP contribution in [-0.2, 0) is 9.53 Å². The summed E-state index contributed by atoms with van der Waals surface area (Å²) in [4.78, 5) is 28.7. The van der Waals surface area contributed by atoms with Crippen LogP contribution in [0.4, 0.5) is 0 Å². The molecule has 0 radical (unpaired) electrons. The number of fused-ring (bicyclic) bond motifs is 1. The third-order valence-electron chi connectivity index (χ3n) is 3.85. The Morgan fingerprint density at radius 3 is 2.58 bits per heavy atom. The summed E-state index contributed by atoms with van der Waals surface area (Å²) in [6, 6.07) is 16.5. The molecular formula is C21H16BrNO3. The number of ketones is 1. The summed E-state index contributed by atoms with van der Waals surface area (Å²) in [5.41, 5.74) is 2.11. The van der Waals surface area contributed by atoms with Crippen LogP contribution in [0.2, 0.25) is 0 Å². The van der Waals surface area contributed by atoms with E-state index in [1.807, 2.05) is 30.3 Å². The number of ether oxygens (including phenoxy) is 1. The van der Waals surface area contributed by atoms with Crippen LogP contribution in [0.5, 0.6) is 0 Å². The molecule has 26 heavy (non-hydrogen) atoms. The predicted molar refractivity (Wildman–Crippen MR) is 105 cm³/mol. The molecule has 1 heterocycles. The first-order chi connectivity index (χ1) is 12.5. The van der Waals surface area contributed by atoms with Crippen molar-refractivity contribution in [3.05, 3.63) is 82.5 Å². The molecule has 1 atom stereocenters. The number of pyridine rings is 1. The standard InChI is InChI=1S/C21H16BrNO3/c1-14(21(25)17-7-10-18(22)11-8-17)26-19(24)12-9-16-5-2-4-15-6-3-13-23-20(15)16/h2-14H,1H3/b12-9+/t14-/m1/s1. The molecule has 2 aromatic carbocycles. The summed E-state index contributed by atoms with van der Waals surface area (Å²) in [6.07, 6.45) is 3.80. The smallest absolute Gasteiger partial charge is 0.331 e. The van der Waals surface area contributed by atoms with Crippen LogP contribution < -0.4 is 0 Å². The summed E-state index contributed by atoms with van der Waals surface area (Å²) in [5, 5.41) is 0.988. The Bertz CT molecular complexity index is 975. The molecule has 4 nitrogen and oxygen atoms in total. The quantitative estimate of drug-likeness (QED) is 0.344. The van der Waals surface area contributed by atoms with Gasteiger partial charge in [0.1, 0.15) is 0 Å². The van der Waals surface area contributed by atoms with Crippen molar-refractivity contribution in [1.82, 2.24) is 4.98 Å². The van der Waals surface area contributed by atoms with E-state index in [9.17, 15) is 9.59 Å². The topological polar surface area (TPSA) is 56.3 Å². The highest BCUT2D eigenvalue weighted by atomic mass is 79.9. The van der Waals surface area contributed by atoms with Gasteiger partial charge < -0.3 is 4.74 Å².